The number of aliphatic imine (C=N–C) groups is 1. The summed E-state index contributed by atoms with van der Waals surface area (Å²) in [5.41, 5.74) is 2.58. The van der Waals surface area contributed by atoms with E-state index in [-0.39, 0.29) is 11.8 Å². The lowest BCUT2D eigenvalue weighted by atomic mass is 10.0. The molecular formula is C22H25NO3. The number of carbonyl (C=O) groups is 2. The molecule has 4 nitrogen and oxygen atoms in total. The van der Waals surface area contributed by atoms with Crippen molar-refractivity contribution in [3.05, 3.63) is 71.8 Å². The zero-order chi connectivity index (χ0) is 18.8. The van der Waals surface area contributed by atoms with Crippen LogP contribution in [0.5, 0.6) is 0 Å². The fraction of sp³-hybridized carbons (Fsp3) is 0.318. The van der Waals surface area contributed by atoms with Gasteiger partial charge in [-0.15, -0.1) is 0 Å². The minimum absolute atomic E-state index is 0.121. The number of hydrogen-bond acceptors (Lipinski definition) is 4. The molecule has 1 atom stereocenters. The van der Waals surface area contributed by atoms with Crippen LogP contribution in [0.2, 0.25) is 0 Å². The largest absolute Gasteiger partial charge is 0.464 e. The van der Waals surface area contributed by atoms with Crippen LogP contribution < -0.4 is 0 Å². The molecule has 0 aliphatic rings. The highest BCUT2D eigenvalue weighted by Gasteiger charge is 2.21. The third kappa shape index (κ3) is 5.66. The summed E-state index contributed by atoms with van der Waals surface area (Å²) in [6.45, 7) is 3.88. The first-order chi connectivity index (χ1) is 12.7. The predicted octanol–water partition coefficient (Wildman–Crippen LogP) is 4.22. The van der Waals surface area contributed by atoms with Crippen molar-refractivity contribution >= 4 is 17.5 Å². The third-order valence-corrected chi connectivity index (χ3v) is 4.03. The molecule has 0 aromatic heterocycles. The summed E-state index contributed by atoms with van der Waals surface area (Å²) in [4.78, 5) is 28.9. The van der Waals surface area contributed by atoms with Gasteiger partial charge in [-0.2, -0.15) is 0 Å². The maximum Gasteiger partial charge on any atom is 0.330 e. The number of ether oxygens (including phenoxy) is 1. The van der Waals surface area contributed by atoms with Gasteiger partial charge in [-0.3, -0.25) is 9.79 Å². The molecule has 26 heavy (non-hydrogen) atoms. The molecule has 0 saturated carbocycles. The van der Waals surface area contributed by atoms with Crippen molar-refractivity contribution in [1.82, 2.24) is 0 Å². The van der Waals surface area contributed by atoms with E-state index < -0.39 is 6.04 Å². The number of hydrogen-bond donors (Lipinski definition) is 0. The van der Waals surface area contributed by atoms with Gasteiger partial charge in [0.15, 0.2) is 0 Å². The zero-order valence-electron chi connectivity index (χ0n) is 15.4. The lowest BCUT2D eigenvalue weighted by Gasteiger charge is -2.15. The molecule has 2 aromatic rings. The summed E-state index contributed by atoms with van der Waals surface area (Å²) in [5.74, 6) is -0.267. The Morgan fingerprint density at radius 3 is 1.92 bits per heavy atom. The van der Waals surface area contributed by atoms with Crippen molar-refractivity contribution in [1.29, 1.82) is 0 Å². The lowest BCUT2D eigenvalue weighted by Crippen LogP contribution is -2.24. The molecule has 0 amide bonds. The fourth-order valence-corrected chi connectivity index (χ4v) is 2.61. The highest BCUT2D eigenvalue weighted by atomic mass is 16.5. The average molecular weight is 351 g/mol. The molecule has 0 fully saturated rings. The maximum atomic E-state index is 12.4. The second-order valence-corrected chi connectivity index (χ2v) is 5.91. The standard InChI is InChI=1S/C22H25NO3/c1-3-19(24)15-16-20(22(25)26-4-2)23-21(17-11-7-5-8-12-17)18-13-9-6-10-14-18/h5-14,20H,3-4,15-16H2,1-2H3/t20-/m0/s1. The maximum absolute atomic E-state index is 12.4. The van der Waals surface area contributed by atoms with Crippen LogP contribution in [0.1, 0.15) is 44.2 Å². The first-order valence-corrected chi connectivity index (χ1v) is 9.02. The van der Waals surface area contributed by atoms with Gasteiger partial charge in [-0.25, -0.2) is 4.79 Å². The smallest absolute Gasteiger partial charge is 0.330 e. The second-order valence-electron chi connectivity index (χ2n) is 5.91. The molecule has 0 aliphatic heterocycles. The molecule has 136 valence electrons. The predicted molar refractivity (Wildman–Crippen MR) is 103 cm³/mol. The molecule has 0 spiro atoms. The molecule has 0 bridgehead atoms. The van der Waals surface area contributed by atoms with Crippen LogP contribution >= 0.6 is 0 Å². The summed E-state index contributed by atoms with van der Waals surface area (Å²) in [5, 5.41) is 0. The van der Waals surface area contributed by atoms with Gasteiger partial charge in [0.25, 0.3) is 0 Å². The summed E-state index contributed by atoms with van der Waals surface area (Å²) < 4.78 is 5.19. The number of ketones is 1. The Hall–Kier alpha value is -2.75. The van der Waals surface area contributed by atoms with Crippen LogP contribution in [0.15, 0.2) is 65.7 Å². The van der Waals surface area contributed by atoms with E-state index in [1.54, 1.807) is 6.92 Å². The van der Waals surface area contributed by atoms with Crippen LogP contribution in [0.25, 0.3) is 0 Å². The van der Waals surface area contributed by atoms with E-state index in [9.17, 15) is 9.59 Å². The molecule has 0 unspecified atom stereocenters. The van der Waals surface area contributed by atoms with E-state index >= 15 is 0 Å². The fourth-order valence-electron chi connectivity index (χ4n) is 2.61. The van der Waals surface area contributed by atoms with E-state index in [1.807, 2.05) is 67.6 Å². The minimum Gasteiger partial charge on any atom is -0.464 e. The van der Waals surface area contributed by atoms with Crippen molar-refractivity contribution in [3.63, 3.8) is 0 Å². The van der Waals surface area contributed by atoms with Gasteiger partial charge in [-0.05, 0) is 13.3 Å². The SMILES string of the molecule is CCOC(=O)[C@H](CCC(=O)CC)N=C(c1ccccc1)c1ccccc1. The van der Waals surface area contributed by atoms with Crippen LogP contribution in [0, 0.1) is 0 Å². The average Bonchev–Trinajstić information content (AvgIpc) is 2.69. The molecule has 0 radical (unpaired) electrons. The summed E-state index contributed by atoms with van der Waals surface area (Å²) in [7, 11) is 0. The molecule has 0 saturated heterocycles. The zero-order valence-corrected chi connectivity index (χ0v) is 15.4. The third-order valence-electron chi connectivity index (χ3n) is 4.03. The quantitative estimate of drug-likeness (QED) is 0.502. The first kappa shape index (κ1) is 19.6. The molecule has 0 aliphatic carbocycles. The number of rotatable bonds is 9. The van der Waals surface area contributed by atoms with Gasteiger partial charge in [0.2, 0.25) is 0 Å². The summed E-state index contributed by atoms with van der Waals surface area (Å²) in [6, 6.07) is 18.8. The topological polar surface area (TPSA) is 55.7 Å². The van der Waals surface area contributed by atoms with E-state index in [4.69, 9.17) is 9.73 Å². The first-order valence-electron chi connectivity index (χ1n) is 9.02. The number of carbonyl (C=O) groups excluding carboxylic acids is 2. The summed E-state index contributed by atoms with van der Waals surface area (Å²) >= 11 is 0. The summed E-state index contributed by atoms with van der Waals surface area (Å²) in [6.07, 6.45) is 1.14. The number of Topliss-reactive ketones (excluding diaryl/α,β-unsaturated/α-hetero) is 1. The van der Waals surface area contributed by atoms with Gasteiger partial charge in [0.05, 0.1) is 12.3 Å². The van der Waals surface area contributed by atoms with Crippen molar-refractivity contribution < 1.29 is 14.3 Å². The Morgan fingerprint density at radius 2 is 1.46 bits per heavy atom. The van der Waals surface area contributed by atoms with E-state index in [0.29, 0.717) is 25.9 Å². The van der Waals surface area contributed by atoms with Crippen LogP contribution in [0.3, 0.4) is 0 Å². The number of nitrogens with zero attached hydrogens (tertiary/aromatic N) is 1. The van der Waals surface area contributed by atoms with E-state index in [1.165, 1.54) is 0 Å². The van der Waals surface area contributed by atoms with E-state index in [2.05, 4.69) is 0 Å². The molecular weight excluding hydrogens is 326 g/mol. The van der Waals surface area contributed by atoms with Gasteiger partial charge in [-0.1, -0.05) is 67.6 Å². The van der Waals surface area contributed by atoms with Crippen LogP contribution in [-0.4, -0.2) is 30.1 Å². The minimum atomic E-state index is -0.694. The number of benzene rings is 2. The van der Waals surface area contributed by atoms with Crippen molar-refractivity contribution in [3.8, 4) is 0 Å². The molecule has 4 heteroatoms. The molecule has 2 rings (SSSR count). The van der Waals surface area contributed by atoms with Crippen LogP contribution in [-0.2, 0) is 14.3 Å². The van der Waals surface area contributed by atoms with Gasteiger partial charge in [0.1, 0.15) is 11.8 Å². The van der Waals surface area contributed by atoms with E-state index in [0.717, 1.165) is 16.8 Å². The van der Waals surface area contributed by atoms with Crippen molar-refractivity contribution in [2.75, 3.05) is 6.61 Å². The van der Waals surface area contributed by atoms with Gasteiger partial charge in [0, 0.05) is 24.0 Å². The Labute approximate surface area is 154 Å². The Bertz CT molecular complexity index is 697. The lowest BCUT2D eigenvalue weighted by molar-refractivity contribution is -0.144. The van der Waals surface area contributed by atoms with Gasteiger partial charge < -0.3 is 4.74 Å². The van der Waals surface area contributed by atoms with Crippen molar-refractivity contribution in [2.45, 2.75) is 39.2 Å². The monoisotopic (exact) mass is 351 g/mol. The van der Waals surface area contributed by atoms with Crippen molar-refractivity contribution in [2.24, 2.45) is 4.99 Å². The Morgan fingerprint density at radius 1 is 0.923 bits per heavy atom. The second kappa shape index (κ2) is 10.3. The highest BCUT2D eigenvalue weighted by Crippen LogP contribution is 2.15. The number of esters is 1. The Kier molecular flexibility index (Phi) is 7.75. The molecule has 0 N–H and O–H groups in total. The molecule has 0 heterocycles. The highest BCUT2D eigenvalue weighted by molar-refractivity contribution is 6.13. The molecule has 2 aromatic carbocycles. The van der Waals surface area contributed by atoms with Gasteiger partial charge >= 0.3 is 5.97 Å². The van der Waals surface area contributed by atoms with Crippen LogP contribution in [0.4, 0.5) is 0 Å². The normalized spacial score (nSPS) is 11.5. The Balaban J connectivity index is 2.41.